The Hall–Kier alpha value is -2.47. The van der Waals surface area contributed by atoms with Gasteiger partial charge in [0, 0.05) is 22.7 Å². The molecule has 0 aliphatic rings. The van der Waals surface area contributed by atoms with Gasteiger partial charge in [-0.05, 0) is 32.9 Å². The summed E-state index contributed by atoms with van der Waals surface area (Å²) in [6, 6.07) is 8.25. The normalized spacial score (nSPS) is 12.1. The lowest BCUT2D eigenvalue weighted by Crippen LogP contribution is -2.26. The van der Waals surface area contributed by atoms with Gasteiger partial charge >= 0.3 is 0 Å². The van der Waals surface area contributed by atoms with E-state index in [0.717, 1.165) is 38.2 Å². The predicted octanol–water partition coefficient (Wildman–Crippen LogP) is 4.45. The van der Waals surface area contributed by atoms with E-state index in [4.69, 9.17) is 4.98 Å². The fraction of sp³-hybridized carbons (Fsp3) is 0.235. The Morgan fingerprint density at radius 3 is 2.78 bits per heavy atom. The maximum absolute atomic E-state index is 4.83. The van der Waals surface area contributed by atoms with Crippen molar-refractivity contribution >= 4 is 38.3 Å². The van der Waals surface area contributed by atoms with E-state index in [0.29, 0.717) is 0 Å². The van der Waals surface area contributed by atoms with E-state index in [1.54, 1.807) is 17.5 Å². The Kier molecular flexibility index (Phi) is 3.09. The number of fused-ring (bicyclic) bond motifs is 3. The monoisotopic (exact) mass is 323 g/mol. The summed E-state index contributed by atoms with van der Waals surface area (Å²) >= 11 is 1.65. The molecular formula is C17H17N5S. The lowest BCUT2D eigenvalue weighted by molar-refractivity contribution is 0.632. The predicted molar refractivity (Wildman–Crippen MR) is 95.9 cm³/mol. The van der Waals surface area contributed by atoms with Crippen LogP contribution in [-0.2, 0) is 0 Å². The van der Waals surface area contributed by atoms with Crippen molar-refractivity contribution < 1.29 is 0 Å². The fourth-order valence-corrected chi connectivity index (χ4v) is 3.45. The number of H-pyrrole nitrogens is 1. The third kappa shape index (κ3) is 2.55. The van der Waals surface area contributed by atoms with Crippen LogP contribution in [0.3, 0.4) is 0 Å². The number of nitrogens with one attached hydrogen (secondary N) is 2. The van der Waals surface area contributed by atoms with Crippen molar-refractivity contribution in [3.05, 3.63) is 36.0 Å². The Morgan fingerprint density at radius 1 is 1.17 bits per heavy atom. The van der Waals surface area contributed by atoms with Gasteiger partial charge in [0.1, 0.15) is 5.52 Å². The first-order valence-corrected chi connectivity index (χ1v) is 8.34. The molecular weight excluding hydrogens is 306 g/mol. The Labute approximate surface area is 137 Å². The highest BCUT2D eigenvalue weighted by molar-refractivity contribution is 7.17. The average molecular weight is 323 g/mol. The summed E-state index contributed by atoms with van der Waals surface area (Å²) in [5, 5.41) is 11.6. The third-order valence-corrected chi connectivity index (χ3v) is 4.43. The molecule has 2 N–H and O–H groups in total. The van der Waals surface area contributed by atoms with Gasteiger partial charge in [0.05, 0.1) is 21.4 Å². The maximum Gasteiger partial charge on any atom is 0.154 e. The van der Waals surface area contributed by atoms with E-state index < -0.39 is 0 Å². The van der Waals surface area contributed by atoms with Crippen LogP contribution in [0, 0.1) is 0 Å². The zero-order valence-corrected chi connectivity index (χ0v) is 14.0. The van der Waals surface area contributed by atoms with Crippen molar-refractivity contribution in [1.82, 2.24) is 20.2 Å². The molecule has 0 radical (unpaired) electrons. The first kappa shape index (κ1) is 14.1. The van der Waals surface area contributed by atoms with Crippen LogP contribution in [0.2, 0.25) is 0 Å². The SMILES string of the molecule is CC(C)(C)Nc1nc2cc(-c3ccn[nH]3)ccc2c2scnc12. The van der Waals surface area contributed by atoms with Crippen LogP contribution in [0.15, 0.2) is 36.0 Å². The van der Waals surface area contributed by atoms with Gasteiger partial charge < -0.3 is 5.32 Å². The van der Waals surface area contributed by atoms with Gasteiger partial charge in [-0.25, -0.2) is 9.97 Å². The molecule has 23 heavy (non-hydrogen) atoms. The molecule has 0 bridgehead atoms. The third-order valence-electron chi connectivity index (χ3n) is 3.57. The summed E-state index contributed by atoms with van der Waals surface area (Å²) < 4.78 is 1.16. The van der Waals surface area contributed by atoms with Crippen LogP contribution >= 0.6 is 11.3 Å². The number of nitrogens with zero attached hydrogens (tertiary/aromatic N) is 3. The van der Waals surface area contributed by atoms with Crippen LogP contribution in [0.25, 0.3) is 32.4 Å². The fourth-order valence-electron chi connectivity index (χ4n) is 2.62. The first-order valence-electron chi connectivity index (χ1n) is 7.46. The number of anilines is 1. The molecule has 5 nitrogen and oxygen atoms in total. The van der Waals surface area contributed by atoms with Crippen LogP contribution in [-0.4, -0.2) is 25.7 Å². The largest absolute Gasteiger partial charge is 0.364 e. The van der Waals surface area contributed by atoms with E-state index in [-0.39, 0.29) is 5.54 Å². The standard InChI is InChI=1S/C17H17N5S/c1-17(2,3)21-16-14-15(23-9-18-14)11-5-4-10(8-13(11)20-16)12-6-7-19-22-12/h4-9H,1-3H3,(H,19,22)(H,20,21). The Morgan fingerprint density at radius 2 is 2.04 bits per heavy atom. The minimum atomic E-state index is -0.0712. The molecule has 0 saturated carbocycles. The van der Waals surface area contributed by atoms with E-state index >= 15 is 0 Å². The summed E-state index contributed by atoms with van der Waals surface area (Å²) in [7, 11) is 0. The van der Waals surface area contributed by atoms with Gasteiger partial charge in [-0.15, -0.1) is 11.3 Å². The molecule has 1 aromatic carbocycles. The smallest absolute Gasteiger partial charge is 0.154 e. The molecule has 0 saturated heterocycles. The van der Waals surface area contributed by atoms with Gasteiger partial charge in [-0.2, -0.15) is 5.10 Å². The number of pyridine rings is 1. The molecule has 4 rings (SSSR count). The average Bonchev–Trinajstić information content (AvgIpc) is 3.17. The van der Waals surface area contributed by atoms with Gasteiger partial charge in [0.2, 0.25) is 0 Å². The molecule has 6 heteroatoms. The van der Waals surface area contributed by atoms with E-state index in [2.05, 4.69) is 59.5 Å². The topological polar surface area (TPSA) is 66.5 Å². The molecule has 116 valence electrons. The number of benzene rings is 1. The molecule has 0 fully saturated rings. The Balaban J connectivity index is 1.96. The molecule has 0 amide bonds. The Bertz CT molecular complexity index is 979. The van der Waals surface area contributed by atoms with Crippen LogP contribution in [0.1, 0.15) is 20.8 Å². The number of hydrogen-bond acceptors (Lipinski definition) is 5. The number of aromatic amines is 1. The minimum Gasteiger partial charge on any atom is -0.364 e. The summed E-state index contributed by atoms with van der Waals surface area (Å²) in [6.45, 7) is 6.37. The van der Waals surface area contributed by atoms with E-state index in [1.807, 2.05) is 11.6 Å². The summed E-state index contributed by atoms with van der Waals surface area (Å²) in [5.41, 5.74) is 5.77. The number of aromatic nitrogens is 4. The lowest BCUT2D eigenvalue weighted by atomic mass is 10.1. The number of hydrogen-bond donors (Lipinski definition) is 2. The number of rotatable bonds is 2. The van der Waals surface area contributed by atoms with Gasteiger partial charge in [-0.1, -0.05) is 12.1 Å². The molecule has 0 aliphatic carbocycles. The second-order valence-corrected chi connectivity index (χ2v) is 7.42. The van der Waals surface area contributed by atoms with Crippen LogP contribution < -0.4 is 5.32 Å². The minimum absolute atomic E-state index is 0.0712. The van der Waals surface area contributed by atoms with Crippen molar-refractivity contribution in [2.45, 2.75) is 26.3 Å². The van der Waals surface area contributed by atoms with Crippen molar-refractivity contribution in [1.29, 1.82) is 0 Å². The summed E-state index contributed by atoms with van der Waals surface area (Å²) in [5.74, 6) is 0.836. The first-order chi connectivity index (χ1) is 11.0. The van der Waals surface area contributed by atoms with Crippen molar-refractivity contribution in [3.63, 3.8) is 0 Å². The quantitative estimate of drug-likeness (QED) is 0.572. The second-order valence-electron chi connectivity index (χ2n) is 6.57. The summed E-state index contributed by atoms with van der Waals surface area (Å²) in [6.07, 6.45) is 1.76. The summed E-state index contributed by atoms with van der Waals surface area (Å²) in [4.78, 5) is 9.33. The highest BCUT2D eigenvalue weighted by Gasteiger charge is 2.17. The molecule has 3 aromatic heterocycles. The van der Waals surface area contributed by atoms with Crippen LogP contribution in [0.5, 0.6) is 0 Å². The molecule has 0 unspecified atom stereocenters. The van der Waals surface area contributed by atoms with Gasteiger partial charge in [0.15, 0.2) is 5.82 Å². The van der Waals surface area contributed by atoms with Gasteiger partial charge in [0.25, 0.3) is 0 Å². The zero-order chi connectivity index (χ0) is 16.0. The highest BCUT2D eigenvalue weighted by atomic mass is 32.1. The van der Waals surface area contributed by atoms with Crippen LogP contribution in [0.4, 0.5) is 5.82 Å². The van der Waals surface area contributed by atoms with Crippen molar-refractivity contribution in [2.24, 2.45) is 0 Å². The molecule has 0 atom stereocenters. The van der Waals surface area contributed by atoms with Gasteiger partial charge in [-0.3, -0.25) is 5.10 Å². The number of thiazole rings is 1. The molecule has 3 heterocycles. The highest BCUT2D eigenvalue weighted by Crippen LogP contribution is 2.34. The van der Waals surface area contributed by atoms with E-state index in [9.17, 15) is 0 Å². The lowest BCUT2D eigenvalue weighted by Gasteiger charge is -2.21. The second kappa shape index (κ2) is 5.03. The maximum atomic E-state index is 4.83. The van der Waals surface area contributed by atoms with Crippen molar-refractivity contribution in [2.75, 3.05) is 5.32 Å². The van der Waals surface area contributed by atoms with Crippen molar-refractivity contribution in [3.8, 4) is 11.3 Å². The zero-order valence-electron chi connectivity index (χ0n) is 13.2. The molecule has 0 spiro atoms. The molecule has 4 aromatic rings. The molecule has 0 aliphatic heterocycles. The van der Waals surface area contributed by atoms with E-state index in [1.165, 1.54) is 0 Å².